The van der Waals surface area contributed by atoms with Crippen molar-refractivity contribution in [3.8, 4) is 0 Å². The van der Waals surface area contributed by atoms with Crippen molar-refractivity contribution < 1.29 is 13.2 Å². The molecule has 0 amide bonds. The number of aliphatic imine (C=N–C) groups is 1. The van der Waals surface area contributed by atoms with Crippen LogP contribution in [0.1, 0.15) is 40.0 Å². The summed E-state index contributed by atoms with van der Waals surface area (Å²) in [5.41, 5.74) is 10.3. The van der Waals surface area contributed by atoms with Crippen LogP contribution in [-0.4, -0.2) is 53.3 Å². The van der Waals surface area contributed by atoms with Crippen molar-refractivity contribution in [3.05, 3.63) is 96.0 Å². The summed E-state index contributed by atoms with van der Waals surface area (Å²) < 4.78 is 30.8. The Morgan fingerprint density at radius 3 is 2.41 bits per heavy atom. The molecule has 8 heteroatoms. The van der Waals surface area contributed by atoms with Crippen molar-refractivity contribution in [3.63, 3.8) is 0 Å². The second-order valence-electron chi connectivity index (χ2n) is 8.61. The lowest BCUT2D eigenvalue weighted by atomic mass is 9.88. The minimum absolute atomic E-state index is 0.160. The van der Waals surface area contributed by atoms with Gasteiger partial charge in [0, 0.05) is 39.0 Å². The lowest BCUT2D eigenvalue weighted by Gasteiger charge is -2.21. The predicted molar refractivity (Wildman–Crippen MR) is 159 cm³/mol. The van der Waals surface area contributed by atoms with Crippen LogP contribution in [0.3, 0.4) is 0 Å². The number of nitrogens with zero attached hydrogens (tertiary/aromatic N) is 2. The first kappa shape index (κ1) is 33.9. The summed E-state index contributed by atoms with van der Waals surface area (Å²) in [7, 11) is 1.85. The maximum atomic E-state index is 11.6. The molecule has 0 radical (unpaired) electrons. The first-order valence-corrected chi connectivity index (χ1v) is 14.1. The fraction of sp³-hybridized carbons (Fsp3) is 0.414. The summed E-state index contributed by atoms with van der Waals surface area (Å²) >= 11 is 0. The van der Waals surface area contributed by atoms with E-state index in [9.17, 15) is 8.42 Å². The number of hydrogen-bond acceptors (Lipinski definition) is 4. The van der Waals surface area contributed by atoms with E-state index in [1.165, 1.54) is 5.57 Å². The van der Waals surface area contributed by atoms with Gasteiger partial charge in [-0.05, 0) is 74.5 Å². The summed E-state index contributed by atoms with van der Waals surface area (Å²) in [4.78, 5) is 5.87. The van der Waals surface area contributed by atoms with Gasteiger partial charge in [0.15, 0.2) is 5.96 Å². The minimum Gasteiger partial charge on any atom is -0.381 e. The molecule has 1 atom stereocenters. The Morgan fingerprint density at radius 1 is 1.19 bits per heavy atom. The lowest BCUT2D eigenvalue weighted by molar-refractivity contribution is 0.234. The van der Waals surface area contributed by atoms with Crippen molar-refractivity contribution in [1.29, 1.82) is 0 Å². The van der Waals surface area contributed by atoms with Gasteiger partial charge in [0.1, 0.15) is 0 Å². The Balaban J connectivity index is 5.45. The number of allylic oxidation sites excluding steroid dienone is 11. The SMILES string of the molecule is C=C(/C=C(\C=C/C)NS(C)(=O)=O)C(=C)CC/C=C/CC(/C(C)=C/N(C)C(N)=NC)C(/C=C\COC)=C/C. The third-order valence-corrected chi connectivity index (χ3v) is 6.04. The summed E-state index contributed by atoms with van der Waals surface area (Å²) in [5, 5.41) is 0. The second kappa shape index (κ2) is 18.2. The monoisotopic (exact) mass is 530 g/mol. The van der Waals surface area contributed by atoms with E-state index in [1.807, 2.05) is 38.1 Å². The molecule has 1 unspecified atom stereocenters. The molecule has 0 aliphatic heterocycles. The van der Waals surface area contributed by atoms with Crippen LogP contribution in [0.4, 0.5) is 0 Å². The van der Waals surface area contributed by atoms with Gasteiger partial charge in [0.2, 0.25) is 10.0 Å². The third-order valence-electron chi connectivity index (χ3n) is 5.43. The zero-order valence-corrected chi connectivity index (χ0v) is 24.4. The van der Waals surface area contributed by atoms with Gasteiger partial charge in [0.05, 0.1) is 12.9 Å². The molecule has 0 bridgehead atoms. The zero-order chi connectivity index (χ0) is 28.4. The highest BCUT2D eigenvalue weighted by molar-refractivity contribution is 7.88. The van der Waals surface area contributed by atoms with Crippen LogP contribution in [0, 0.1) is 5.92 Å². The first-order valence-electron chi connectivity index (χ1n) is 12.2. The Hall–Kier alpha value is -3.10. The summed E-state index contributed by atoms with van der Waals surface area (Å²) in [5.74, 6) is 0.607. The number of rotatable bonds is 16. The molecule has 0 fully saturated rings. The second-order valence-corrected chi connectivity index (χ2v) is 10.4. The number of nitrogens with one attached hydrogen (secondary N) is 1. The van der Waals surface area contributed by atoms with Gasteiger partial charge in [-0.1, -0.05) is 49.6 Å². The molecule has 0 aromatic rings. The Morgan fingerprint density at radius 2 is 1.86 bits per heavy atom. The zero-order valence-electron chi connectivity index (χ0n) is 23.6. The normalized spacial score (nSPS) is 15.1. The molecule has 0 heterocycles. The highest BCUT2D eigenvalue weighted by Crippen LogP contribution is 2.26. The van der Waals surface area contributed by atoms with Gasteiger partial charge >= 0.3 is 0 Å². The molecule has 0 saturated carbocycles. The maximum Gasteiger partial charge on any atom is 0.229 e. The first-order chi connectivity index (χ1) is 17.4. The summed E-state index contributed by atoms with van der Waals surface area (Å²) in [6, 6.07) is 0. The number of nitrogens with two attached hydrogens (primary N) is 1. The van der Waals surface area contributed by atoms with Crippen LogP contribution in [0.2, 0.25) is 0 Å². The molecule has 7 nitrogen and oxygen atoms in total. The van der Waals surface area contributed by atoms with Gasteiger partial charge in [-0.15, -0.1) is 0 Å². The van der Waals surface area contributed by atoms with Crippen LogP contribution in [0.25, 0.3) is 0 Å². The molecule has 3 N–H and O–H groups in total. The average molecular weight is 531 g/mol. The molecule has 0 aromatic heterocycles. The van der Waals surface area contributed by atoms with E-state index in [1.54, 1.807) is 32.4 Å². The van der Waals surface area contributed by atoms with E-state index in [2.05, 4.69) is 54.1 Å². The number of hydrogen-bond donors (Lipinski definition) is 2. The van der Waals surface area contributed by atoms with E-state index >= 15 is 0 Å². The molecule has 0 aliphatic rings. The quantitative estimate of drug-likeness (QED) is 0.121. The van der Waals surface area contributed by atoms with Crippen LogP contribution < -0.4 is 10.5 Å². The molecule has 0 aromatic carbocycles. The van der Waals surface area contributed by atoms with Gasteiger partial charge in [0.25, 0.3) is 0 Å². The van der Waals surface area contributed by atoms with E-state index < -0.39 is 10.0 Å². The van der Waals surface area contributed by atoms with Crippen molar-refractivity contribution in [1.82, 2.24) is 9.62 Å². The molecule has 0 rings (SSSR count). The number of ether oxygens (including phenoxy) is 1. The fourth-order valence-electron chi connectivity index (χ4n) is 3.46. The Bertz CT molecular complexity index is 1070. The molecular formula is C29H46N4O3S. The van der Waals surface area contributed by atoms with Gasteiger partial charge in [-0.2, -0.15) is 0 Å². The highest BCUT2D eigenvalue weighted by Gasteiger charge is 2.14. The standard InChI is InChI=1S/C29H46N4O3S/c1-10-16-27(32-37(9,34)35)21-24(4)23(3)17-13-12-14-19-28(26(11-2)18-15-20-36-8)25(5)22-33(7)29(30)31-6/h10-12,14-16,18,21-22,28,32H,3-4,13,17,19-20H2,1-2,5-9H3,(H2,30,31)/b14-12+,16-10-,18-15-,25-22+,26-11+,27-21+. The fourth-order valence-corrected chi connectivity index (χ4v) is 4.02. The van der Waals surface area contributed by atoms with Crippen molar-refractivity contribution in [2.75, 3.05) is 34.1 Å². The largest absolute Gasteiger partial charge is 0.381 e. The van der Waals surface area contributed by atoms with Crippen LogP contribution >= 0.6 is 0 Å². The summed E-state index contributed by atoms with van der Waals surface area (Å²) in [6.07, 6.45) is 21.1. The van der Waals surface area contributed by atoms with Gasteiger partial charge < -0.3 is 15.4 Å². The molecular weight excluding hydrogens is 484 g/mol. The topological polar surface area (TPSA) is 97.0 Å². The molecule has 0 aliphatic carbocycles. The lowest BCUT2D eigenvalue weighted by Crippen LogP contribution is -2.30. The highest BCUT2D eigenvalue weighted by atomic mass is 32.2. The van der Waals surface area contributed by atoms with Gasteiger partial charge in [-0.3, -0.25) is 9.71 Å². The molecule has 206 valence electrons. The maximum absolute atomic E-state index is 11.6. The number of guanidine groups is 1. The molecule has 0 saturated heterocycles. The van der Waals surface area contributed by atoms with Crippen LogP contribution in [0.15, 0.2) is 101 Å². The minimum atomic E-state index is -3.38. The van der Waals surface area contributed by atoms with Crippen molar-refractivity contribution in [2.45, 2.75) is 40.0 Å². The third kappa shape index (κ3) is 14.9. The molecule has 37 heavy (non-hydrogen) atoms. The van der Waals surface area contributed by atoms with E-state index in [-0.39, 0.29) is 5.92 Å². The van der Waals surface area contributed by atoms with Gasteiger partial charge in [-0.25, -0.2) is 8.42 Å². The van der Waals surface area contributed by atoms with Crippen molar-refractivity contribution in [2.24, 2.45) is 16.6 Å². The number of sulfonamides is 1. The Labute approximate surface area is 225 Å². The van der Waals surface area contributed by atoms with E-state index in [0.29, 0.717) is 30.3 Å². The van der Waals surface area contributed by atoms with E-state index in [4.69, 9.17) is 10.5 Å². The van der Waals surface area contributed by atoms with Crippen LogP contribution in [0.5, 0.6) is 0 Å². The average Bonchev–Trinajstić information content (AvgIpc) is 2.82. The number of methoxy groups -OCH3 is 1. The summed E-state index contributed by atoms with van der Waals surface area (Å²) in [6.45, 7) is 14.7. The Kier molecular flexibility index (Phi) is 16.7. The molecule has 0 spiro atoms. The van der Waals surface area contributed by atoms with E-state index in [0.717, 1.165) is 30.2 Å². The van der Waals surface area contributed by atoms with Crippen LogP contribution in [-0.2, 0) is 14.8 Å². The predicted octanol–water partition coefficient (Wildman–Crippen LogP) is 5.38. The van der Waals surface area contributed by atoms with Crippen molar-refractivity contribution >= 4 is 16.0 Å². The smallest absolute Gasteiger partial charge is 0.229 e.